The van der Waals surface area contributed by atoms with Gasteiger partial charge in [0.25, 0.3) is 5.69 Å². The van der Waals surface area contributed by atoms with Gasteiger partial charge in [-0.05, 0) is 24.7 Å². The molecule has 0 saturated heterocycles. The third-order valence-corrected chi connectivity index (χ3v) is 4.60. The zero-order valence-electron chi connectivity index (χ0n) is 10.5. The average molecular weight is 266 g/mol. The zero-order valence-corrected chi connectivity index (χ0v) is 11.3. The van der Waals surface area contributed by atoms with Crippen LogP contribution >= 0.6 is 11.8 Å². The highest BCUT2D eigenvalue weighted by Crippen LogP contribution is 2.34. The summed E-state index contributed by atoms with van der Waals surface area (Å²) in [6, 6.07) is 7.25. The van der Waals surface area contributed by atoms with Gasteiger partial charge in [0.2, 0.25) is 0 Å². The van der Waals surface area contributed by atoms with Crippen LogP contribution in [0.3, 0.4) is 0 Å². The van der Waals surface area contributed by atoms with Gasteiger partial charge in [0, 0.05) is 17.4 Å². The van der Waals surface area contributed by atoms with Crippen LogP contribution in [0.5, 0.6) is 0 Å². The summed E-state index contributed by atoms with van der Waals surface area (Å²) in [4.78, 5) is 10.6. The van der Waals surface area contributed by atoms with Crippen LogP contribution in [-0.4, -0.2) is 22.0 Å². The van der Waals surface area contributed by atoms with Crippen molar-refractivity contribution < 1.29 is 4.92 Å². The molecule has 0 spiro atoms. The molecular formula is C13H18N2O2S. The van der Waals surface area contributed by atoms with E-state index >= 15 is 0 Å². The first-order valence-corrected chi connectivity index (χ1v) is 7.38. The lowest BCUT2D eigenvalue weighted by Crippen LogP contribution is -2.26. The van der Waals surface area contributed by atoms with Crippen LogP contribution in [0.25, 0.3) is 0 Å². The van der Waals surface area contributed by atoms with E-state index in [-0.39, 0.29) is 10.6 Å². The lowest BCUT2D eigenvalue weighted by molar-refractivity contribution is -0.384. The lowest BCUT2D eigenvalue weighted by atomic mass is 10.2. The van der Waals surface area contributed by atoms with Crippen LogP contribution in [0.4, 0.5) is 11.4 Å². The second-order valence-electron chi connectivity index (χ2n) is 4.45. The number of nitrogens with zero attached hydrogens (tertiary/aromatic N) is 1. The maximum atomic E-state index is 11.0. The fourth-order valence-corrected chi connectivity index (χ4v) is 3.66. The minimum atomic E-state index is -0.320. The van der Waals surface area contributed by atoms with Crippen molar-refractivity contribution in [1.29, 1.82) is 0 Å². The first kappa shape index (κ1) is 13.2. The van der Waals surface area contributed by atoms with Crippen LogP contribution < -0.4 is 5.32 Å². The van der Waals surface area contributed by atoms with Gasteiger partial charge in [-0.1, -0.05) is 25.5 Å². The van der Waals surface area contributed by atoms with Crippen molar-refractivity contribution in [3.63, 3.8) is 0 Å². The lowest BCUT2D eigenvalue weighted by Gasteiger charge is -2.21. The van der Waals surface area contributed by atoms with E-state index in [1.807, 2.05) is 17.8 Å². The highest BCUT2D eigenvalue weighted by atomic mass is 32.2. The predicted octanol–water partition coefficient (Wildman–Crippen LogP) is 3.68. The van der Waals surface area contributed by atoms with Gasteiger partial charge < -0.3 is 5.32 Å². The Bertz CT molecular complexity index is 425. The molecule has 0 amide bonds. The summed E-state index contributed by atoms with van der Waals surface area (Å²) in [5.41, 5.74) is 0.820. The van der Waals surface area contributed by atoms with Gasteiger partial charge in [-0.2, -0.15) is 11.8 Å². The minimum Gasteiger partial charge on any atom is -0.376 e. The smallest absolute Gasteiger partial charge is 0.292 e. The SMILES string of the molecule is CCSC1CCCC1Nc1ccccc1[N+](=O)[O-]. The molecule has 1 fully saturated rings. The van der Waals surface area contributed by atoms with Crippen LogP contribution in [-0.2, 0) is 0 Å². The van der Waals surface area contributed by atoms with Crippen LogP contribution in [0.15, 0.2) is 24.3 Å². The fraction of sp³-hybridized carbons (Fsp3) is 0.538. The van der Waals surface area contributed by atoms with Crippen molar-refractivity contribution in [3.05, 3.63) is 34.4 Å². The number of nitro benzene ring substituents is 1. The van der Waals surface area contributed by atoms with Crippen molar-refractivity contribution in [3.8, 4) is 0 Å². The average Bonchev–Trinajstić information content (AvgIpc) is 2.78. The Labute approximate surface area is 111 Å². The largest absolute Gasteiger partial charge is 0.376 e. The van der Waals surface area contributed by atoms with E-state index in [1.165, 1.54) is 12.8 Å². The maximum Gasteiger partial charge on any atom is 0.292 e. The van der Waals surface area contributed by atoms with Gasteiger partial charge in [0.05, 0.1) is 4.92 Å². The monoisotopic (exact) mass is 266 g/mol. The first-order chi connectivity index (χ1) is 8.72. The summed E-state index contributed by atoms with van der Waals surface area (Å²) in [5, 5.41) is 14.9. The van der Waals surface area contributed by atoms with Crippen molar-refractivity contribution in [1.82, 2.24) is 0 Å². The van der Waals surface area contributed by atoms with E-state index < -0.39 is 0 Å². The Balaban J connectivity index is 2.11. The van der Waals surface area contributed by atoms with E-state index in [2.05, 4.69) is 12.2 Å². The van der Waals surface area contributed by atoms with Crippen molar-refractivity contribution >= 4 is 23.1 Å². The molecule has 1 aromatic carbocycles. The molecule has 0 radical (unpaired) electrons. The second kappa shape index (κ2) is 6.09. The molecule has 2 rings (SSSR count). The van der Waals surface area contributed by atoms with E-state index in [0.717, 1.165) is 12.2 Å². The van der Waals surface area contributed by atoms with E-state index in [0.29, 0.717) is 17.0 Å². The minimum absolute atomic E-state index is 0.171. The van der Waals surface area contributed by atoms with Crippen LogP contribution in [0.2, 0.25) is 0 Å². The molecule has 98 valence electrons. The molecule has 1 aliphatic carbocycles. The molecule has 1 aromatic rings. The van der Waals surface area contributed by atoms with Gasteiger partial charge in [-0.25, -0.2) is 0 Å². The Morgan fingerprint density at radius 3 is 2.94 bits per heavy atom. The van der Waals surface area contributed by atoms with Gasteiger partial charge in [0.1, 0.15) is 5.69 Å². The third-order valence-electron chi connectivity index (χ3n) is 3.27. The molecular weight excluding hydrogens is 248 g/mol. The van der Waals surface area contributed by atoms with E-state index in [1.54, 1.807) is 18.2 Å². The molecule has 1 saturated carbocycles. The molecule has 1 aliphatic rings. The van der Waals surface area contributed by atoms with Crippen molar-refractivity contribution in [2.24, 2.45) is 0 Å². The van der Waals surface area contributed by atoms with E-state index in [9.17, 15) is 10.1 Å². The fourth-order valence-electron chi connectivity index (χ4n) is 2.46. The Morgan fingerprint density at radius 1 is 1.44 bits per heavy atom. The molecule has 0 aliphatic heterocycles. The van der Waals surface area contributed by atoms with Crippen molar-refractivity contribution in [2.75, 3.05) is 11.1 Å². The molecule has 2 unspecified atom stereocenters. The standard InChI is InChI=1S/C13H18N2O2S/c1-2-18-13-9-5-7-11(13)14-10-6-3-4-8-12(10)15(16)17/h3-4,6,8,11,13-14H,2,5,7,9H2,1H3. The summed E-state index contributed by atoms with van der Waals surface area (Å²) in [7, 11) is 0. The van der Waals surface area contributed by atoms with Crippen molar-refractivity contribution in [2.45, 2.75) is 37.5 Å². The second-order valence-corrected chi connectivity index (χ2v) is 5.97. The number of thioether (sulfide) groups is 1. The third kappa shape index (κ3) is 2.96. The maximum absolute atomic E-state index is 11.0. The number of hydrogen-bond donors (Lipinski definition) is 1. The predicted molar refractivity (Wildman–Crippen MR) is 76.3 cm³/mol. The molecule has 18 heavy (non-hydrogen) atoms. The van der Waals surface area contributed by atoms with E-state index in [4.69, 9.17) is 0 Å². The summed E-state index contributed by atoms with van der Waals surface area (Å²) < 4.78 is 0. The number of anilines is 1. The number of nitro groups is 1. The zero-order chi connectivity index (χ0) is 13.0. The summed E-state index contributed by atoms with van der Waals surface area (Å²) in [6.07, 6.45) is 3.51. The molecule has 4 nitrogen and oxygen atoms in total. The first-order valence-electron chi connectivity index (χ1n) is 6.34. The Hall–Kier alpha value is -1.23. The number of rotatable bonds is 5. The molecule has 0 bridgehead atoms. The number of para-hydroxylation sites is 2. The van der Waals surface area contributed by atoms with Gasteiger partial charge in [-0.3, -0.25) is 10.1 Å². The van der Waals surface area contributed by atoms with Gasteiger partial charge in [0.15, 0.2) is 0 Å². The molecule has 2 atom stereocenters. The highest BCUT2D eigenvalue weighted by molar-refractivity contribution is 7.99. The Morgan fingerprint density at radius 2 is 2.22 bits per heavy atom. The molecule has 0 heterocycles. The normalized spacial score (nSPS) is 22.9. The molecule has 1 N–H and O–H groups in total. The molecule has 0 aromatic heterocycles. The Kier molecular flexibility index (Phi) is 4.47. The number of benzene rings is 1. The topological polar surface area (TPSA) is 55.2 Å². The van der Waals surface area contributed by atoms with Gasteiger partial charge >= 0.3 is 0 Å². The summed E-state index contributed by atoms with van der Waals surface area (Å²) in [6.45, 7) is 2.16. The van der Waals surface area contributed by atoms with Gasteiger partial charge in [-0.15, -0.1) is 0 Å². The van der Waals surface area contributed by atoms with Crippen LogP contribution in [0.1, 0.15) is 26.2 Å². The highest BCUT2D eigenvalue weighted by Gasteiger charge is 2.28. The summed E-state index contributed by atoms with van der Waals surface area (Å²) in [5.74, 6) is 1.10. The quantitative estimate of drug-likeness (QED) is 0.652. The molecule has 5 heteroatoms. The number of nitrogens with one attached hydrogen (secondary N) is 1. The van der Waals surface area contributed by atoms with Crippen LogP contribution in [0, 0.1) is 10.1 Å². The number of hydrogen-bond acceptors (Lipinski definition) is 4. The summed E-state index contributed by atoms with van der Waals surface area (Å²) >= 11 is 1.95.